The second kappa shape index (κ2) is 11.6. The summed E-state index contributed by atoms with van der Waals surface area (Å²) >= 11 is 0. The summed E-state index contributed by atoms with van der Waals surface area (Å²) < 4.78 is 46.1. The van der Waals surface area contributed by atoms with Crippen molar-refractivity contribution in [3.8, 4) is 16.9 Å². The molecule has 4 aromatic rings. The molecule has 1 amide bonds. The summed E-state index contributed by atoms with van der Waals surface area (Å²) in [6.45, 7) is 1.14. The van der Waals surface area contributed by atoms with Crippen LogP contribution in [-0.2, 0) is 21.2 Å². The lowest BCUT2D eigenvalue weighted by Crippen LogP contribution is -2.39. The molecular formula is C30H32FN3O4S. The number of nitrogens with two attached hydrogens (primary N) is 1. The van der Waals surface area contributed by atoms with Crippen LogP contribution in [0.4, 0.5) is 4.39 Å². The first-order valence-corrected chi connectivity index (χ1v) is 14.7. The van der Waals surface area contributed by atoms with Gasteiger partial charge in [-0.05, 0) is 83.8 Å². The van der Waals surface area contributed by atoms with E-state index in [9.17, 15) is 17.6 Å². The van der Waals surface area contributed by atoms with Gasteiger partial charge in [0.2, 0.25) is 15.9 Å². The SMILES string of the molecule is NC(=O)Cc1cc(-c2ccccc2)cc2c(C3CCN(S(=O)(=O)CCCOc4ccc(F)cc4)CC3)c[nH]c12. The fourth-order valence-corrected chi connectivity index (χ4v) is 6.83. The fourth-order valence-electron chi connectivity index (χ4n) is 5.33. The van der Waals surface area contributed by atoms with Gasteiger partial charge in [0.25, 0.3) is 0 Å². The van der Waals surface area contributed by atoms with Gasteiger partial charge in [-0.25, -0.2) is 17.1 Å². The third kappa shape index (κ3) is 6.32. The maximum atomic E-state index is 13.0. The maximum Gasteiger partial charge on any atom is 0.221 e. The minimum atomic E-state index is -3.41. The smallest absolute Gasteiger partial charge is 0.221 e. The van der Waals surface area contributed by atoms with Crippen LogP contribution in [0.5, 0.6) is 5.75 Å². The van der Waals surface area contributed by atoms with E-state index in [1.54, 1.807) is 4.31 Å². The highest BCUT2D eigenvalue weighted by Gasteiger charge is 2.30. The first-order chi connectivity index (χ1) is 18.8. The standard InChI is InChI=1S/C30H32FN3O4S/c31-25-7-9-26(10-8-25)38-15-4-16-39(36,37)34-13-11-22(12-14-34)28-20-33-30-24(19-29(32)35)17-23(18-27(28)30)21-5-2-1-3-6-21/h1-3,5-10,17-18,20,22,33H,4,11-16,19H2,(H2,32,35). The number of H-pyrrole nitrogens is 1. The summed E-state index contributed by atoms with van der Waals surface area (Å²) in [6.07, 6.45) is 3.90. The van der Waals surface area contributed by atoms with E-state index in [1.165, 1.54) is 24.3 Å². The zero-order valence-corrected chi connectivity index (χ0v) is 22.4. The van der Waals surface area contributed by atoms with Crippen molar-refractivity contribution in [3.05, 3.63) is 89.9 Å². The Morgan fingerprint density at radius 2 is 1.74 bits per heavy atom. The van der Waals surface area contributed by atoms with Crippen molar-refractivity contribution in [3.63, 3.8) is 0 Å². The molecule has 5 rings (SSSR count). The first-order valence-electron chi connectivity index (χ1n) is 13.1. The van der Waals surface area contributed by atoms with Crippen LogP contribution < -0.4 is 10.5 Å². The molecule has 1 aliphatic heterocycles. The molecular weight excluding hydrogens is 517 g/mol. The van der Waals surface area contributed by atoms with Gasteiger partial charge < -0.3 is 15.5 Å². The zero-order chi connectivity index (χ0) is 27.4. The third-order valence-corrected chi connectivity index (χ3v) is 9.25. The number of halogens is 1. The predicted molar refractivity (Wildman–Crippen MR) is 150 cm³/mol. The van der Waals surface area contributed by atoms with Crippen molar-refractivity contribution in [2.24, 2.45) is 5.73 Å². The number of benzene rings is 3. The molecule has 3 N–H and O–H groups in total. The second-order valence-corrected chi connectivity index (χ2v) is 12.0. The Morgan fingerprint density at radius 1 is 1.03 bits per heavy atom. The van der Waals surface area contributed by atoms with Crippen molar-refractivity contribution in [1.29, 1.82) is 0 Å². The molecule has 3 aromatic carbocycles. The monoisotopic (exact) mass is 549 g/mol. The zero-order valence-electron chi connectivity index (χ0n) is 21.6. The molecule has 1 aliphatic rings. The number of primary amides is 1. The van der Waals surface area contributed by atoms with Crippen LogP contribution in [0.1, 0.15) is 36.3 Å². The Morgan fingerprint density at radius 3 is 2.44 bits per heavy atom. The molecule has 0 saturated carbocycles. The number of carbonyl (C=O) groups excluding carboxylic acids is 1. The number of rotatable bonds is 10. The van der Waals surface area contributed by atoms with Crippen LogP contribution in [0.15, 0.2) is 72.9 Å². The summed E-state index contributed by atoms with van der Waals surface area (Å²) in [7, 11) is -3.41. The third-order valence-electron chi connectivity index (χ3n) is 7.29. The number of aromatic amines is 1. The Bertz CT molecular complexity index is 1540. The van der Waals surface area contributed by atoms with Crippen LogP contribution in [0.25, 0.3) is 22.0 Å². The van der Waals surface area contributed by atoms with Gasteiger partial charge in [-0.3, -0.25) is 4.79 Å². The molecule has 1 aromatic heterocycles. The quantitative estimate of drug-likeness (QED) is 0.272. The van der Waals surface area contributed by atoms with Crippen LogP contribution in [0.2, 0.25) is 0 Å². The minimum Gasteiger partial charge on any atom is -0.494 e. The molecule has 0 unspecified atom stereocenters. The molecule has 0 radical (unpaired) electrons. The number of hydrogen-bond donors (Lipinski definition) is 2. The van der Waals surface area contributed by atoms with Gasteiger partial charge >= 0.3 is 0 Å². The number of nitrogens with one attached hydrogen (secondary N) is 1. The van der Waals surface area contributed by atoms with Gasteiger partial charge in [-0.15, -0.1) is 0 Å². The molecule has 0 spiro atoms. The molecule has 204 valence electrons. The number of ether oxygens (including phenoxy) is 1. The number of amides is 1. The Labute approximate surface area is 227 Å². The van der Waals surface area contributed by atoms with Gasteiger partial charge in [0.15, 0.2) is 0 Å². The van der Waals surface area contributed by atoms with Gasteiger partial charge in [0, 0.05) is 30.2 Å². The van der Waals surface area contributed by atoms with E-state index in [2.05, 4.69) is 11.1 Å². The normalized spacial score (nSPS) is 15.0. The predicted octanol–water partition coefficient (Wildman–Crippen LogP) is 4.98. The number of fused-ring (bicyclic) bond motifs is 1. The molecule has 39 heavy (non-hydrogen) atoms. The maximum absolute atomic E-state index is 13.0. The number of aromatic nitrogens is 1. The molecule has 2 heterocycles. The number of piperidine rings is 1. The molecule has 0 atom stereocenters. The lowest BCUT2D eigenvalue weighted by molar-refractivity contribution is -0.117. The highest BCUT2D eigenvalue weighted by Crippen LogP contribution is 2.37. The number of sulfonamides is 1. The lowest BCUT2D eigenvalue weighted by Gasteiger charge is -2.31. The Kier molecular flexibility index (Phi) is 7.99. The molecule has 1 saturated heterocycles. The van der Waals surface area contributed by atoms with E-state index >= 15 is 0 Å². The van der Waals surface area contributed by atoms with Crippen molar-refractivity contribution in [2.45, 2.75) is 31.6 Å². The largest absolute Gasteiger partial charge is 0.494 e. The molecule has 9 heteroatoms. The minimum absolute atomic E-state index is 0.00284. The van der Waals surface area contributed by atoms with E-state index in [0.29, 0.717) is 38.1 Å². The molecule has 0 aliphatic carbocycles. The highest BCUT2D eigenvalue weighted by atomic mass is 32.2. The van der Waals surface area contributed by atoms with E-state index in [4.69, 9.17) is 10.5 Å². The second-order valence-electron chi connectivity index (χ2n) is 9.96. The fraction of sp³-hybridized carbons (Fsp3) is 0.300. The van der Waals surface area contributed by atoms with Crippen LogP contribution in [-0.4, -0.2) is 49.1 Å². The van der Waals surface area contributed by atoms with Crippen LogP contribution in [0, 0.1) is 5.82 Å². The summed E-state index contributed by atoms with van der Waals surface area (Å²) in [4.78, 5) is 15.2. The number of nitrogens with zero attached hydrogens (tertiary/aromatic N) is 1. The van der Waals surface area contributed by atoms with E-state index < -0.39 is 10.0 Å². The summed E-state index contributed by atoms with van der Waals surface area (Å²) in [5.74, 6) is -0.0202. The van der Waals surface area contributed by atoms with Gasteiger partial charge in [-0.1, -0.05) is 30.3 Å². The summed E-state index contributed by atoms with van der Waals surface area (Å²) in [6, 6.07) is 19.8. The van der Waals surface area contributed by atoms with Gasteiger partial charge in [-0.2, -0.15) is 0 Å². The van der Waals surface area contributed by atoms with E-state index in [0.717, 1.165) is 33.2 Å². The van der Waals surface area contributed by atoms with Crippen molar-refractivity contribution in [1.82, 2.24) is 9.29 Å². The summed E-state index contributed by atoms with van der Waals surface area (Å²) in [5.41, 5.74) is 10.5. The van der Waals surface area contributed by atoms with Gasteiger partial charge in [0.05, 0.1) is 18.8 Å². The number of carbonyl (C=O) groups is 1. The van der Waals surface area contributed by atoms with Gasteiger partial charge in [0.1, 0.15) is 11.6 Å². The molecule has 0 bridgehead atoms. The average molecular weight is 550 g/mol. The summed E-state index contributed by atoms with van der Waals surface area (Å²) in [5, 5.41) is 1.05. The lowest BCUT2D eigenvalue weighted by atomic mass is 9.88. The van der Waals surface area contributed by atoms with Crippen molar-refractivity contribution < 1.29 is 22.3 Å². The van der Waals surface area contributed by atoms with Crippen molar-refractivity contribution >= 4 is 26.8 Å². The highest BCUT2D eigenvalue weighted by molar-refractivity contribution is 7.89. The van der Waals surface area contributed by atoms with E-state index in [-0.39, 0.29) is 36.4 Å². The topological polar surface area (TPSA) is 105 Å². The van der Waals surface area contributed by atoms with E-state index in [1.807, 2.05) is 42.6 Å². The first kappa shape index (κ1) is 26.9. The Hall–Kier alpha value is -3.69. The van der Waals surface area contributed by atoms with Crippen LogP contribution in [0.3, 0.4) is 0 Å². The molecule has 1 fully saturated rings. The van der Waals surface area contributed by atoms with Crippen LogP contribution >= 0.6 is 0 Å². The average Bonchev–Trinajstić information content (AvgIpc) is 3.37. The number of hydrogen-bond acceptors (Lipinski definition) is 4. The van der Waals surface area contributed by atoms with Crippen molar-refractivity contribution in [2.75, 3.05) is 25.4 Å². The molecule has 7 nitrogen and oxygen atoms in total. The Balaban J connectivity index is 1.26.